The van der Waals surface area contributed by atoms with Crippen molar-refractivity contribution in [1.82, 2.24) is 9.88 Å². The molecule has 0 bridgehead atoms. The smallest absolute Gasteiger partial charge is 0.228 e. The molecule has 0 atom stereocenters. The number of benzene rings is 1. The fourth-order valence-electron chi connectivity index (χ4n) is 3.27. The predicted octanol–water partition coefficient (Wildman–Crippen LogP) is 5.30. The lowest BCUT2D eigenvalue weighted by molar-refractivity contribution is -0.131. The number of nitrogens with zero attached hydrogens (tertiary/aromatic N) is 2. The second-order valence-electron chi connectivity index (χ2n) is 6.48. The van der Waals surface area contributed by atoms with Crippen LogP contribution in [-0.4, -0.2) is 28.9 Å². The van der Waals surface area contributed by atoms with Crippen molar-refractivity contribution in [2.75, 3.05) is 7.05 Å². The molecule has 0 spiro atoms. The quantitative estimate of drug-likeness (QED) is 0.645. The van der Waals surface area contributed by atoms with Crippen LogP contribution in [0, 0.1) is 0 Å². The minimum atomic E-state index is 0.188. The molecule has 1 amide bonds. The van der Waals surface area contributed by atoms with E-state index in [9.17, 15) is 4.79 Å². The van der Waals surface area contributed by atoms with Crippen LogP contribution in [0.5, 0.6) is 0 Å². The van der Waals surface area contributed by atoms with E-state index in [4.69, 9.17) is 0 Å². The minimum absolute atomic E-state index is 0.188. The number of likely N-dealkylation sites (N-methyl/N-ethyl adjacent to an activating group) is 1. The summed E-state index contributed by atoms with van der Waals surface area (Å²) in [4.78, 5) is 19.2. The zero-order valence-electron chi connectivity index (χ0n) is 14.0. The molecule has 24 heavy (non-hydrogen) atoms. The number of hydrogen-bond donors (Lipinski definition) is 0. The number of amides is 1. The molecule has 1 aliphatic carbocycles. The van der Waals surface area contributed by atoms with Gasteiger partial charge in [0, 0.05) is 28.5 Å². The average Bonchev–Trinajstić information content (AvgIpc) is 2.87. The standard InChI is InChI=1S/C19H23BrN2OS/c1-22(17-9-4-2-3-5-10-17)18(23)12-16-13-24-19(21-16)14-7-6-8-15(20)11-14/h6-8,11,13,17H,2-5,9-10,12H2,1H3. The van der Waals surface area contributed by atoms with E-state index in [-0.39, 0.29) is 5.91 Å². The largest absolute Gasteiger partial charge is 0.342 e. The molecule has 0 N–H and O–H groups in total. The van der Waals surface area contributed by atoms with Crippen LogP contribution >= 0.6 is 27.3 Å². The first-order valence-corrected chi connectivity index (χ1v) is 10.3. The Labute approximate surface area is 156 Å². The van der Waals surface area contributed by atoms with Gasteiger partial charge in [0.2, 0.25) is 5.91 Å². The van der Waals surface area contributed by atoms with Crippen molar-refractivity contribution in [1.29, 1.82) is 0 Å². The number of halogens is 1. The van der Waals surface area contributed by atoms with Gasteiger partial charge < -0.3 is 4.90 Å². The topological polar surface area (TPSA) is 33.2 Å². The maximum atomic E-state index is 12.6. The van der Waals surface area contributed by atoms with Crippen LogP contribution in [0.2, 0.25) is 0 Å². The van der Waals surface area contributed by atoms with Crippen molar-refractivity contribution in [3.63, 3.8) is 0 Å². The Kier molecular flexibility index (Phi) is 6.06. The first kappa shape index (κ1) is 17.6. The van der Waals surface area contributed by atoms with Crippen LogP contribution in [0.4, 0.5) is 0 Å². The lowest BCUT2D eigenvalue weighted by atomic mass is 10.1. The van der Waals surface area contributed by atoms with E-state index < -0.39 is 0 Å². The summed E-state index contributed by atoms with van der Waals surface area (Å²) in [6.45, 7) is 0. The van der Waals surface area contributed by atoms with E-state index in [0.717, 1.165) is 33.6 Å². The van der Waals surface area contributed by atoms with Gasteiger partial charge >= 0.3 is 0 Å². The van der Waals surface area contributed by atoms with Crippen molar-refractivity contribution >= 4 is 33.2 Å². The highest BCUT2D eigenvalue weighted by molar-refractivity contribution is 9.10. The van der Waals surface area contributed by atoms with Crippen molar-refractivity contribution in [2.24, 2.45) is 0 Å². The summed E-state index contributed by atoms with van der Waals surface area (Å²) in [6, 6.07) is 8.52. The maximum Gasteiger partial charge on any atom is 0.228 e. The third-order valence-corrected chi connectivity index (χ3v) is 6.15. The molecular weight excluding hydrogens is 384 g/mol. The van der Waals surface area contributed by atoms with Gasteiger partial charge in [0.25, 0.3) is 0 Å². The number of aromatic nitrogens is 1. The zero-order chi connectivity index (χ0) is 16.9. The molecule has 3 nitrogen and oxygen atoms in total. The monoisotopic (exact) mass is 406 g/mol. The molecule has 2 aromatic rings. The summed E-state index contributed by atoms with van der Waals surface area (Å²) in [5.74, 6) is 0.188. The number of thiazole rings is 1. The Bertz CT molecular complexity index is 692. The number of carbonyl (C=O) groups is 1. The summed E-state index contributed by atoms with van der Waals surface area (Å²) in [5.41, 5.74) is 1.96. The van der Waals surface area contributed by atoms with E-state index in [1.54, 1.807) is 11.3 Å². The Morgan fingerprint density at radius 3 is 2.75 bits per heavy atom. The van der Waals surface area contributed by atoms with Crippen LogP contribution in [-0.2, 0) is 11.2 Å². The Hall–Kier alpha value is -1.20. The summed E-state index contributed by atoms with van der Waals surface area (Å²) in [7, 11) is 1.96. The summed E-state index contributed by atoms with van der Waals surface area (Å²) in [6.07, 6.45) is 7.78. The number of carbonyl (C=O) groups excluding carboxylic acids is 1. The summed E-state index contributed by atoms with van der Waals surface area (Å²) in [5, 5.41) is 2.98. The normalized spacial score (nSPS) is 15.9. The van der Waals surface area contributed by atoms with E-state index in [1.165, 1.54) is 25.7 Å². The molecule has 1 aromatic heterocycles. The van der Waals surface area contributed by atoms with Crippen LogP contribution < -0.4 is 0 Å². The maximum absolute atomic E-state index is 12.6. The highest BCUT2D eigenvalue weighted by Gasteiger charge is 2.22. The van der Waals surface area contributed by atoms with Gasteiger partial charge in [-0.05, 0) is 25.0 Å². The van der Waals surface area contributed by atoms with Gasteiger partial charge in [-0.1, -0.05) is 53.7 Å². The van der Waals surface area contributed by atoms with Crippen molar-refractivity contribution in [2.45, 2.75) is 51.0 Å². The van der Waals surface area contributed by atoms with Crippen LogP contribution in [0.25, 0.3) is 10.6 Å². The molecule has 1 fully saturated rings. The van der Waals surface area contributed by atoms with Gasteiger partial charge in [0.05, 0.1) is 12.1 Å². The summed E-state index contributed by atoms with van der Waals surface area (Å²) >= 11 is 5.09. The summed E-state index contributed by atoms with van der Waals surface area (Å²) < 4.78 is 1.04. The number of hydrogen-bond acceptors (Lipinski definition) is 3. The first-order valence-electron chi connectivity index (χ1n) is 8.59. The van der Waals surface area contributed by atoms with Gasteiger partial charge in [0.1, 0.15) is 5.01 Å². The molecule has 0 radical (unpaired) electrons. The number of rotatable bonds is 4. The van der Waals surface area contributed by atoms with E-state index in [2.05, 4.69) is 27.0 Å². The van der Waals surface area contributed by atoms with E-state index in [1.807, 2.05) is 35.5 Å². The van der Waals surface area contributed by atoms with Crippen LogP contribution in [0.3, 0.4) is 0 Å². The molecule has 0 saturated heterocycles. The molecule has 5 heteroatoms. The van der Waals surface area contributed by atoms with Crippen molar-refractivity contribution in [3.8, 4) is 10.6 Å². The average molecular weight is 407 g/mol. The van der Waals surface area contributed by atoms with Crippen LogP contribution in [0.15, 0.2) is 34.1 Å². The third kappa shape index (κ3) is 4.45. The molecule has 128 valence electrons. The van der Waals surface area contributed by atoms with Gasteiger partial charge in [-0.2, -0.15) is 0 Å². The van der Waals surface area contributed by atoms with E-state index in [0.29, 0.717) is 12.5 Å². The fraction of sp³-hybridized carbons (Fsp3) is 0.474. The van der Waals surface area contributed by atoms with Gasteiger partial charge in [-0.15, -0.1) is 11.3 Å². The van der Waals surface area contributed by atoms with Gasteiger partial charge in [0.15, 0.2) is 0 Å². The van der Waals surface area contributed by atoms with Gasteiger partial charge in [-0.3, -0.25) is 4.79 Å². The molecule has 1 saturated carbocycles. The second-order valence-corrected chi connectivity index (χ2v) is 8.25. The van der Waals surface area contributed by atoms with Crippen LogP contribution in [0.1, 0.15) is 44.2 Å². The van der Waals surface area contributed by atoms with E-state index >= 15 is 0 Å². The molecule has 1 aliphatic rings. The minimum Gasteiger partial charge on any atom is -0.342 e. The highest BCUT2D eigenvalue weighted by Crippen LogP contribution is 2.27. The molecule has 0 aliphatic heterocycles. The van der Waals surface area contributed by atoms with Gasteiger partial charge in [-0.25, -0.2) is 4.98 Å². The third-order valence-electron chi connectivity index (χ3n) is 4.72. The predicted molar refractivity (Wildman–Crippen MR) is 103 cm³/mol. The Morgan fingerprint density at radius 1 is 1.29 bits per heavy atom. The van der Waals surface area contributed by atoms with Crippen molar-refractivity contribution < 1.29 is 4.79 Å². The SMILES string of the molecule is CN(C(=O)Cc1csc(-c2cccc(Br)c2)n1)C1CCCCCC1. The van der Waals surface area contributed by atoms with Crippen molar-refractivity contribution in [3.05, 3.63) is 39.8 Å². The fourth-order valence-corrected chi connectivity index (χ4v) is 4.49. The lowest BCUT2D eigenvalue weighted by Crippen LogP contribution is -2.37. The molecule has 1 heterocycles. The zero-order valence-corrected chi connectivity index (χ0v) is 16.4. The molecular formula is C19H23BrN2OS. The first-order chi connectivity index (χ1) is 11.6. The highest BCUT2D eigenvalue weighted by atomic mass is 79.9. The molecule has 0 unspecified atom stereocenters. The Balaban J connectivity index is 1.64. The molecule has 3 rings (SSSR count). The molecule has 1 aromatic carbocycles. The Morgan fingerprint density at radius 2 is 2.04 bits per heavy atom. The second kappa shape index (κ2) is 8.26. The lowest BCUT2D eigenvalue weighted by Gasteiger charge is -2.27.